The molecule has 0 saturated carbocycles. The molecular formula is C24H26N4O4. The number of carbonyl (C=O) groups is 2. The van der Waals surface area contributed by atoms with E-state index in [0.717, 1.165) is 16.8 Å². The van der Waals surface area contributed by atoms with Gasteiger partial charge in [-0.15, -0.1) is 0 Å². The SMILES string of the molecule is O=C1NCCOCCOc2ccc(C(=O)NCCc3cnc[nH]3)cc2Cc2cccc1c2. The second-order valence-electron chi connectivity index (χ2n) is 7.50. The van der Waals surface area contributed by atoms with Gasteiger partial charge >= 0.3 is 0 Å². The fourth-order valence-corrected chi connectivity index (χ4v) is 3.53. The van der Waals surface area contributed by atoms with E-state index in [4.69, 9.17) is 9.47 Å². The highest BCUT2D eigenvalue weighted by molar-refractivity contribution is 5.95. The van der Waals surface area contributed by atoms with Crippen molar-refractivity contribution in [2.45, 2.75) is 12.8 Å². The van der Waals surface area contributed by atoms with E-state index in [-0.39, 0.29) is 11.8 Å². The van der Waals surface area contributed by atoms with Crippen LogP contribution in [0.25, 0.3) is 0 Å². The topological polar surface area (TPSA) is 105 Å². The number of carbonyl (C=O) groups excluding carboxylic acids is 2. The third-order valence-corrected chi connectivity index (χ3v) is 5.16. The zero-order valence-electron chi connectivity index (χ0n) is 17.7. The van der Waals surface area contributed by atoms with Crippen LogP contribution in [-0.2, 0) is 17.6 Å². The predicted octanol–water partition coefficient (Wildman–Crippen LogP) is 2.11. The Bertz CT molecular complexity index is 1070. The fraction of sp³-hybridized carbons (Fsp3) is 0.292. The molecule has 0 unspecified atom stereocenters. The highest BCUT2D eigenvalue weighted by Crippen LogP contribution is 2.24. The number of ether oxygens (including phenoxy) is 2. The summed E-state index contributed by atoms with van der Waals surface area (Å²) in [5, 5.41) is 5.79. The Kier molecular flexibility index (Phi) is 7.14. The maximum absolute atomic E-state index is 12.7. The number of nitrogens with one attached hydrogen (secondary N) is 3. The van der Waals surface area contributed by atoms with Crippen molar-refractivity contribution >= 4 is 11.8 Å². The summed E-state index contributed by atoms with van der Waals surface area (Å²) < 4.78 is 11.5. The van der Waals surface area contributed by atoms with Gasteiger partial charge in [-0.05, 0) is 41.5 Å². The first-order chi connectivity index (χ1) is 15.7. The van der Waals surface area contributed by atoms with Crippen LogP contribution in [-0.4, -0.2) is 54.7 Å². The number of imidazole rings is 1. The number of rotatable bonds is 4. The fourth-order valence-electron chi connectivity index (χ4n) is 3.53. The van der Waals surface area contributed by atoms with Crippen molar-refractivity contribution in [1.29, 1.82) is 0 Å². The number of benzene rings is 2. The van der Waals surface area contributed by atoms with Crippen LogP contribution in [0, 0.1) is 0 Å². The van der Waals surface area contributed by atoms with Gasteiger partial charge in [-0.3, -0.25) is 9.59 Å². The molecule has 1 aliphatic rings. The van der Waals surface area contributed by atoms with Crippen molar-refractivity contribution < 1.29 is 19.1 Å². The average molecular weight is 434 g/mol. The molecule has 0 spiro atoms. The quantitative estimate of drug-likeness (QED) is 0.583. The Morgan fingerprint density at radius 3 is 2.94 bits per heavy atom. The van der Waals surface area contributed by atoms with E-state index in [1.807, 2.05) is 30.3 Å². The highest BCUT2D eigenvalue weighted by atomic mass is 16.5. The second-order valence-corrected chi connectivity index (χ2v) is 7.50. The molecule has 0 atom stereocenters. The lowest BCUT2D eigenvalue weighted by atomic mass is 9.99. The van der Waals surface area contributed by atoms with Crippen molar-refractivity contribution in [3.05, 3.63) is 82.9 Å². The van der Waals surface area contributed by atoms with Crippen molar-refractivity contribution in [3.63, 3.8) is 0 Å². The molecule has 0 saturated heterocycles. The number of amides is 2. The Morgan fingerprint density at radius 2 is 2.06 bits per heavy atom. The monoisotopic (exact) mass is 434 g/mol. The minimum absolute atomic E-state index is 0.130. The highest BCUT2D eigenvalue weighted by Gasteiger charge is 2.13. The van der Waals surface area contributed by atoms with Crippen LogP contribution in [0.5, 0.6) is 5.75 Å². The molecule has 32 heavy (non-hydrogen) atoms. The summed E-state index contributed by atoms with van der Waals surface area (Å²) in [5.74, 6) is 0.423. The van der Waals surface area contributed by atoms with Gasteiger partial charge in [-0.2, -0.15) is 0 Å². The molecule has 2 heterocycles. The Morgan fingerprint density at radius 1 is 1.12 bits per heavy atom. The van der Waals surface area contributed by atoms with Gasteiger partial charge in [0.25, 0.3) is 11.8 Å². The van der Waals surface area contributed by atoms with Crippen molar-refractivity contribution in [1.82, 2.24) is 20.6 Å². The lowest BCUT2D eigenvalue weighted by Gasteiger charge is -2.15. The van der Waals surface area contributed by atoms with Gasteiger partial charge < -0.3 is 25.1 Å². The number of hydrogen-bond acceptors (Lipinski definition) is 5. The molecule has 1 aromatic heterocycles. The number of hydrogen-bond donors (Lipinski definition) is 3. The Balaban J connectivity index is 1.53. The third kappa shape index (κ3) is 5.73. The normalized spacial score (nSPS) is 14.4. The molecule has 166 valence electrons. The van der Waals surface area contributed by atoms with Gasteiger partial charge in [-0.25, -0.2) is 4.98 Å². The van der Waals surface area contributed by atoms with Crippen LogP contribution in [0.1, 0.15) is 37.5 Å². The van der Waals surface area contributed by atoms with E-state index >= 15 is 0 Å². The standard InChI is InChI=1S/C24H26N4O4/c29-23-18-3-1-2-17(12-18)13-20-14-19(24(30)26-7-6-21-15-25-16-28-21)4-5-22(20)32-11-10-31-9-8-27-23/h1-5,12,14-16H,6-11,13H2,(H,25,28)(H,26,30)(H,27,29). The van der Waals surface area contributed by atoms with E-state index in [1.165, 1.54) is 0 Å². The summed E-state index contributed by atoms with van der Waals surface area (Å²) >= 11 is 0. The van der Waals surface area contributed by atoms with Gasteiger partial charge in [0.2, 0.25) is 0 Å². The van der Waals surface area contributed by atoms with Crippen LogP contribution < -0.4 is 15.4 Å². The molecule has 2 bridgehead atoms. The van der Waals surface area contributed by atoms with Crippen LogP contribution in [0.15, 0.2) is 55.0 Å². The predicted molar refractivity (Wildman–Crippen MR) is 119 cm³/mol. The van der Waals surface area contributed by atoms with Gasteiger partial charge in [0.1, 0.15) is 12.4 Å². The van der Waals surface area contributed by atoms with Crippen LogP contribution in [0.2, 0.25) is 0 Å². The molecule has 3 aromatic rings. The zero-order valence-corrected chi connectivity index (χ0v) is 17.7. The van der Waals surface area contributed by atoms with Crippen LogP contribution >= 0.6 is 0 Å². The average Bonchev–Trinajstić information content (AvgIpc) is 3.32. The first kappa shape index (κ1) is 21.6. The summed E-state index contributed by atoms with van der Waals surface area (Å²) in [7, 11) is 0. The third-order valence-electron chi connectivity index (χ3n) is 5.16. The van der Waals surface area contributed by atoms with Crippen molar-refractivity contribution in [2.24, 2.45) is 0 Å². The van der Waals surface area contributed by atoms with Crippen LogP contribution in [0.4, 0.5) is 0 Å². The summed E-state index contributed by atoms with van der Waals surface area (Å²) in [6, 6.07) is 12.9. The number of aromatic nitrogens is 2. The number of H-pyrrole nitrogens is 1. The lowest BCUT2D eigenvalue weighted by molar-refractivity contribution is 0.0865. The van der Waals surface area contributed by atoms with Gasteiger partial charge in [0, 0.05) is 48.9 Å². The zero-order chi connectivity index (χ0) is 22.2. The van der Waals surface area contributed by atoms with E-state index in [9.17, 15) is 9.59 Å². The Hall–Kier alpha value is -3.65. The molecule has 0 fully saturated rings. The largest absolute Gasteiger partial charge is 0.491 e. The van der Waals surface area contributed by atoms with Crippen molar-refractivity contribution in [3.8, 4) is 5.75 Å². The minimum Gasteiger partial charge on any atom is -0.491 e. The van der Waals surface area contributed by atoms with Gasteiger partial charge in [0.05, 0.1) is 19.5 Å². The smallest absolute Gasteiger partial charge is 0.251 e. The van der Waals surface area contributed by atoms with E-state index in [2.05, 4.69) is 20.6 Å². The molecule has 4 rings (SSSR count). The molecule has 8 heteroatoms. The maximum atomic E-state index is 12.7. The maximum Gasteiger partial charge on any atom is 0.251 e. The lowest BCUT2D eigenvalue weighted by Crippen LogP contribution is -2.28. The first-order valence-corrected chi connectivity index (χ1v) is 10.6. The Labute approximate surface area is 186 Å². The van der Waals surface area contributed by atoms with Crippen LogP contribution in [0.3, 0.4) is 0 Å². The second kappa shape index (κ2) is 10.6. The number of nitrogens with zero attached hydrogens (tertiary/aromatic N) is 1. The van der Waals surface area contributed by atoms with Crippen molar-refractivity contribution in [2.75, 3.05) is 32.9 Å². The summed E-state index contributed by atoms with van der Waals surface area (Å²) in [5.41, 5.74) is 3.96. The number of fused-ring (bicyclic) bond motifs is 3. The summed E-state index contributed by atoms with van der Waals surface area (Å²) in [4.78, 5) is 32.1. The molecule has 0 aliphatic carbocycles. The van der Waals surface area contributed by atoms with Gasteiger partial charge in [-0.1, -0.05) is 12.1 Å². The molecule has 0 radical (unpaired) electrons. The molecule has 3 N–H and O–H groups in total. The molecular weight excluding hydrogens is 408 g/mol. The summed E-state index contributed by atoms with van der Waals surface area (Å²) in [6.45, 7) is 2.16. The van der Waals surface area contributed by atoms with E-state index in [0.29, 0.717) is 62.6 Å². The molecule has 2 aromatic carbocycles. The summed E-state index contributed by atoms with van der Waals surface area (Å²) in [6.07, 6.45) is 4.57. The molecule has 8 nitrogen and oxygen atoms in total. The van der Waals surface area contributed by atoms with Gasteiger partial charge in [0.15, 0.2) is 0 Å². The minimum atomic E-state index is -0.150. The molecule has 1 aliphatic heterocycles. The van der Waals surface area contributed by atoms with E-state index in [1.54, 1.807) is 24.7 Å². The first-order valence-electron chi connectivity index (χ1n) is 10.6. The van der Waals surface area contributed by atoms with E-state index < -0.39 is 0 Å². The molecule has 2 amide bonds. The number of aromatic amines is 1.